The summed E-state index contributed by atoms with van der Waals surface area (Å²) in [6.07, 6.45) is 8.86. The van der Waals surface area contributed by atoms with Crippen molar-refractivity contribution in [1.82, 2.24) is 14.5 Å². The Bertz CT molecular complexity index is 734. The van der Waals surface area contributed by atoms with Gasteiger partial charge < -0.3 is 5.32 Å². The molecule has 1 aromatic heterocycles. The van der Waals surface area contributed by atoms with Gasteiger partial charge in [0.15, 0.2) is 0 Å². The number of aromatic nitrogens is 2. The van der Waals surface area contributed by atoms with Gasteiger partial charge in [-0.25, -0.2) is 9.36 Å². The summed E-state index contributed by atoms with van der Waals surface area (Å²) >= 11 is 0. The summed E-state index contributed by atoms with van der Waals surface area (Å²) in [6, 6.07) is 1.88. The predicted octanol–water partition coefficient (Wildman–Crippen LogP) is 1.13. The molecule has 1 aliphatic rings. The molecule has 0 radical (unpaired) electrons. The van der Waals surface area contributed by atoms with Gasteiger partial charge >= 0.3 is 5.69 Å². The number of aryl methyl sites for hydroxylation is 1. The molecular weight excluding hydrogens is 308 g/mol. The lowest BCUT2D eigenvalue weighted by Gasteiger charge is -2.21. The quantitative estimate of drug-likeness (QED) is 0.894. The van der Waals surface area contributed by atoms with Crippen LogP contribution >= 0.6 is 0 Å². The minimum Gasteiger partial charge on any atom is -0.352 e. The third-order valence-electron chi connectivity index (χ3n) is 4.47. The number of hydrogen-bond donors (Lipinski definition) is 1. The molecule has 0 aromatic carbocycles. The Morgan fingerprint density at radius 3 is 2.46 bits per heavy atom. The molecule has 0 saturated heterocycles. The maximum absolute atomic E-state index is 12.3. The lowest BCUT2D eigenvalue weighted by atomic mass is 9.97. The first kappa shape index (κ1) is 18.0. The van der Waals surface area contributed by atoms with Crippen LogP contribution in [0.1, 0.15) is 57.4 Å². The van der Waals surface area contributed by atoms with E-state index >= 15 is 0 Å². The van der Waals surface area contributed by atoms with E-state index in [0.29, 0.717) is 6.54 Å². The average Bonchev–Trinajstić information content (AvgIpc) is 2.54. The van der Waals surface area contributed by atoms with E-state index in [1.165, 1.54) is 30.0 Å². The zero-order valence-electron chi connectivity index (χ0n) is 14.1. The van der Waals surface area contributed by atoms with Gasteiger partial charge in [-0.1, -0.05) is 32.1 Å². The van der Waals surface area contributed by atoms with Gasteiger partial charge in [-0.05, 0) is 19.8 Å². The molecule has 130 valence electrons. The molecule has 1 heterocycles. The van der Waals surface area contributed by atoms with Gasteiger partial charge in [-0.3, -0.25) is 14.2 Å². The van der Waals surface area contributed by atoms with Gasteiger partial charge in [0.1, 0.15) is 18.2 Å². The van der Waals surface area contributed by atoms with Crippen molar-refractivity contribution in [3.63, 3.8) is 0 Å². The van der Waals surface area contributed by atoms with Gasteiger partial charge in [0.05, 0.1) is 0 Å². The molecule has 1 aromatic rings. The molecule has 2 rings (SSSR count). The SMILES string of the molecule is CCn1cc(C#N)c(=O)n(CC(=O)NC2CCCCCCC2)c1=O. The fraction of sp³-hybridized carbons (Fsp3) is 0.647. The first-order chi connectivity index (χ1) is 11.6. The lowest BCUT2D eigenvalue weighted by molar-refractivity contribution is -0.122. The van der Waals surface area contributed by atoms with E-state index in [4.69, 9.17) is 5.26 Å². The van der Waals surface area contributed by atoms with Crippen LogP contribution in [-0.4, -0.2) is 21.1 Å². The van der Waals surface area contributed by atoms with Crippen LogP contribution in [0.3, 0.4) is 0 Å². The Hall–Kier alpha value is -2.36. The number of nitriles is 1. The highest BCUT2D eigenvalue weighted by molar-refractivity contribution is 5.76. The lowest BCUT2D eigenvalue weighted by Crippen LogP contribution is -2.46. The van der Waals surface area contributed by atoms with Crippen LogP contribution < -0.4 is 16.6 Å². The van der Waals surface area contributed by atoms with Crippen molar-refractivity contribution in [2.75, 3.05) is 0 Å². The summed E-state index contributed by atoms with van der Waals surface area (Å²) in [4.78, 5) is 36.7. The fourth-order valence-corrected chi connectivity index (χ4v) is 3.11. The number of rotatable bonds is 4. The second-order valence-electron chi connectivity index (χ2n) is 6.22. The van der Waals surface area contributed by atoms with E-state index < -0.39 is 11.2 Å². The molecule has 7 nitrogen and oxygen atoms in total. The van der Waals surface area contributed by atoms with Crippen LogP contribution in [0.4, 0.5) is 0 Å². The van der Waals surface area contributed by atoms with Crippen LogP contribution in [0, 0.1) is 11.3 Å². The number of nitrogens with one attached hydrogen (secondary N) is 1. The summed E-state index contributed by atoms with van der Waals surface area (Å²) in [5.74, 6) is -0.350. The van der Waals surface area contributed by atoms with Crippen LogP contribution in [0.15, 0.2) is 15.8 Å². The molecule has 0 atom stereocenters. The minimum atomic E-state index is -0.708. The van der Waals surface area contributed by atoms with Crippen LogP contribution in [-0.2, 0) is 17.9 Å². The third-order valence-corrected chi connectivity index (χ3v) is 4.47. The number of amides is 1. The summed E-state index contributed by atoms with van der Waals surface area (Å²) in [5.41, 5.74) is -1.40. The van der Waals surface area contributed by atoms with Crippen molar-refractivity contribution in [3.05, 3.63) is 32.6 Å². The van der Waals surface area contributed by atoms with Gasteiger partial charge in [-0.15, -0.1) is 0 Å². The molecule has 0 aliphatic heterocycles. The average molecular weight is 332 g/mol. The molecule has 1 N–H and O–H groups in total. The number of nitrogens with zero attached hydrogens (tertiary/aromatic N) is 3. The molecule has 24 heavy (non-hydrogen) atoms. The standard InChI is InChI=1S/C17H24N4O3/c1-2-20-11-13(10-18)16(23)21(17(20)24)12-15(22)19-14-8-6-4-3-5-7-9-14/h11,14H,2-9,12H2,1H3,(H,19,22). The van der Waals surface area contributed by atoms with Crippen molar-refractivity contribution in [2.24, 2.45) is 0 Å². The van der Waals surface area contributed by atoms with Gasteiger partial charge in [0.25, 0.3) is 5.56 Å². The molecule has 1 fully saturated rings. The summed E-state index contributed by atoms with van der Waals surface area (Å²) in [7, 11) is 0. The highest BCUT2D eigenvalue weighted by atomic mass is 16.2. The Morgan fingerprint density at radius 1 is 1.25 bits per heavy atom. The Labute approximate surface area is 140 Å². The van der Waals surface area contributed by atoms with E-state index in [9.17, 15) is 14.4 Å². The van der Waals surface area contributed by atoms with Gasteiger partial charge in [-0.2, -0.15) is 5.26 Å². The molecular formula is C17H24N4O3. The van der Waals surface area contributed by atoms with Crippen molar-refractivity contribution in [2.45, 2.75) is 71.0 Å². The molecule has 1 saturated carbocycles. The Kier molecular flexibility index (Phi) is 6.36. The fourth-order valence-electron chi connectivity index (χ4n) is 3.11. The Balaban J connectivity index is 2.15. The molecule has 1 amide bonds. The van der Waals surface area contributed by atoms with Crippen molar-refractivity contribution in [1.29, 1.82) is 5.26 Å². The monoisotopic (exact) mass is 332 g/mol. The summed E-state index contributed by atoms with van der Waals surface area (Å²) < 4.78 is 2.11. The summed E-state index contributed by atoms with van der Waals surface area (Å²) in [5, 5.41) is 12.0. The molecule has 0 unspecified atom stereocenters. The smallest absolute Gasteiger partial charge is 0.331 e. The van der Waals surface area contributed by atoms with E-state index in [2.05, 4.69) is 5.32 Å². The predicted molar refractivity (Wildman–Crippen MR) is 89.6 cm³/mol. The van der Waals surface area contributed by atoms with E-state index in [0.717, 1.165) is 30.3 Å². The highest BCUT2D eigenvalue weighted by Gasteiger charge is 2.17. The molecule has 0 bridgehead atoms. The van der Waals surface area contributed by atoms with Gasteiger partial charge in [0, 0.05) is 18.8 Å². The van der Waals surface area contributed by atoms with Crippen LogP contribution in [0.5, 0.6) is 0 Å². The van der Waals surface area contributed by atoms with E-state index in [-0.39, 0.29) is 24.1 Å². The highest BCUT2D eigenvalue weighted by Crippen LogP contribution is 2.16. The number of hydrogen-bond acceptors (Lipinski definition) is 4. The van der Waals surface area contributed by atoms with E-state index in [1.807, 2.05) is 0 Å². The zero-order valence-corrected chi connectivity index (χ0v) is 14.1. The van der Waals surface area contributed by atoms with Crippen molar-refractivity contribution < 1.29 is 4.79 Å². The summed E-state index contributed by atoms with van der Waals surface area (Å²) in [6.45, 7) is 1.73. The van der Waals surface area contributed by atoms with Crippen LogP contribution in [0.2, 0.25) is 0 Å². The first-order valence-electron chi connectivity index (χ1n) is 8.60. The number of carbonyl (C=O) groups excluding carboxylic acids is 1. The number of carbonyl (C=O) groups is 1. The normalized spacial score (nSPS) is 16.0. The molecule has 0 spiro atoms. The largest absolute Gasteiger partial charge is 0.352 e. The zero-order chi connectivity index (χ0) is 17.5. The maximum Gasteiger partial charge on any atom is 0.331 e. The van der Waals surface area contributed by atoms with Gasteiger partial charge in [0.2, 0.25) is 5.91 Å². The van der Waals surface area contributed by atoms with E-state index in [1.54, 1.807) is 13.0 Å². The topological polar surface area (TPSA) is 96.9 Å². The minimum absolute atomic E-state index is 0.0982. The third kappa shape index (κ3) is 4.34. The molecule has 1 aliphatic carbocycles. The second-order valence-corrected chi connectivity index (χ2v) is 6.22. The van der Waals surface area contributed by atoms with Crippen LogP contribution in [0.25, 0.3) is 0 Å². The first-order valence-corrected chi connectivity index (χ1v) is 8.60. The second kappa shape index (κ2) is 8.48. The molecule has 7 heteroatoms. The maximum atomic E-state index is 12.3. The van der Waals surface area contributed by atoms with Crippen molar-refractivity contribution >= 4 is 5.91 Å². The van der Waals surface area contributed by atoms with Crippen molar-refractivity contribution in [3.8, 4) is 6.07 Å². The Morgan fingerprint density at radius 2 is 1.88 bits per heavy atom.